The second kappa shape index (κ2) is 8.15. The highest BCUT2D eigenvalue weighted by Gasteiger charge is 2.27. The van der Waals surface area contributed by atoms with Crippen LogP contribution in [0.3, 0.4) is 0 Å². The van der Waals surface area contributed by atoms with E-state index in [9.17, 15) is 0 Å². The molecule has 3 aromatic heterocycles. The van der Waals surface area contributed by atoms with Crippen LogP contribution in [0.15, 0.2) is 54.9 Å². The van der Waals surface area contributed by atoms with Crippen LogP contribution in [-0.4, -0.2) is 26.4 Å². The number of rotatable bonds is 5. The third-order valence-corrected chi connectivity index (χ3v) is 4.96. The van der Waals surface area contributed by atoms with Crippen LogP contribution in [0.4, 0.5) is 11.5 Å². The third-order valence-electron chi connectivity index (χ3n) is 4.96. The Balaban J connectivity index is 1.49. The van der Waals surface area contributed by atoms with E-state index in [1.165, 1.54) is 5.56 Å². The number of anilines is 2. The van der Waals surface area contributed by atoms with Crippen LogP contribution in [0.2, 0.25) is 0 Å². The Morgan fingerprint density at radius 2 is 2.07 bits per heavy atom. The molecule has 140 valence electrons. The normalized spacial score (nSPS) is 16.6. The summed E-state index contributed by atoms with van der Waals surface area (Å²) in [5, 5.41) is 12.1. The second-order valence-corrected chi connectivity index (χ2v) is 7.07. The molecule has 4 heterocycles. The molecule has 6 heteroatoms. The van der Waals surface area contributed by atoms with Gasteiger partial charge in [0.2, 0.25) is 0 Å². The summed E-state index contributed by atoms with van der Waals surface area (Å²) in [6.45, 7) is 3.95. The number of nitrogens with zero attached hydrogens (tertiary/aromatic N) is 5. The van der Waals surface area contributed by atoms with Gasteiger partial charge < -0.3 is 5.32 Å². The van der Waals surface area contributed by atoms with Gasteiger partial charge in [0.1, 0.15) is 17.6 Å². The van der Waals surface area contributed by atoms with Crippen molar-refractivity contribution in [2.24, 2.45) is 0 Å². The molecule has 0 spiro atoms. The zero-order chi connectivity index (χ0) is 19.3. The highest BCUT2D eigenvalue weighted by atomic mass is 15.2. The largest absolute Gasteiger partial charge is 0.339 e. The summed E-state index contributed by atoms with van der Waals surface area (Å²) in [6.07, 6.45) is 5.84. The van der Waals surface area contributed by atoms with Crippen molar-refractivity contribution >= 4 is 11.5 Å². The summed E-state index contributed by atoms with van der Waals surface area (Å²) in [7, 11) is 0. The molecule has 3 aromatic rings. The highest BCUT2D eigenvalue weighted by molar-refractivity contribution is 5.55. The predicted octanol–water partition coefficient (Wildman–Crippen LogP) is 4.13. The molecule has 0 amide bonds. The van der Waals surface area contributed by atoms with Gasteiger partial charge in [-0.3, -0.25) is 9.88 Å². The molecule has 0 aromatic carbocycles. The fraction of sp³-hybridized carbons (Fsp3) is 0.273. The van der Waals surface area contributed by atoms with Gasteiger partial charge in [0.05, 0.1) is 29.3 Å². The lowest BCUT2D eigenvalue weighted by Gasteiger charge is -2.24. The number of hydrogen-bond donors (Lipinski definition) is 1. The molecule has 1 fully saturated rings. The van der Waals surface area contributed by atoms with Crippen molar-refractivity contribution in [1.29, 1.82) is 5.26 Å². The minimum Gasteiger partial charge on any atom is -0.339 e. The lowest BCUT2D eigenvalue weighted by molar-refractivity contribution is 0.241. The molecule has 1 saturated heterocycles. The van der Waals surface area contributed by atoms with E-state index in [1.54, 1.807) is 12.3 Å². The molecule has 4 rings (SSSR count). The van der Waals surface area contributed by atoms with Crippen LogP contribution in [0.1, 0.15) is 41.5 Å². The van der Waals surface area contributed by atoms with E-state index < -0.39 is 0 Å². The van der Waals surface area contributed by atoms with Gasteiger partial charge in [0.15, 0.2) is 0 Å². The van der Waals surface area contributed by atoms with E-state index in [0.717, 1.165) is 48.8 Å². The summed E-state index contributed by atoms with van der Waals surface area (Å²) < 4.78 is 0. The average Bonchev–Trinajstić information content (AvgIpc) is 3.19. The Morgan fingerprint density at radius 3 is 2.82 bits per heavy atom. The molecular formula is C22H22N6. The minimum absolute atomic E-state index is 0.295. The first kappa shape index (κ1) is 18.1. The Kier molecular flexibility index (Phi) is 5.27. The monoisotopic (exact) mass is 370 g/mol. The van der Waals surface area contributed by atoms with E-state index >= 15 is 0 Å². The number of aromatic nitrogens is 3. The van der Waals surface area contributed by atoms with Crippen LogP contribution in [-0.2, 0) is 6.54 Å². The van der Waals surface area contributed by atoms with E-state index in [0.29, 0.717) is 11.7 Å². The smallest absolute Gasteiger partial charge is 0.140 e. The van der Waals surface area contributed by atoms with Gasteiger partial charge in [-0.1, -0.05) is 12.1 Å². The molecule has 0 saturated carbocycles. The molecule has 6 nitrogen and oxygen atoms in total. The number of nitrogens with one attached hydrogen (secondary N) is 1. The van der Waals surface area contributed by atoms with Gasteiger partial charge in [-0.05, 0) is 62.2 Å². The number of aryl methyl sites for hydroxylation is 1. The second-order valence-electron chi connectivity index (χ2n) is 7.07. The number of likely N-dealkylation sites (tertiary alicyclic amines) is 1. The zero-order valence-electron chi connectivity index (χ0n) is 15.8. The summed E-state index contributed by atoms with van der Waals surface area (Å²) >= 11 is 0. The minimum atomic E-state index is 0.295. The SMILES string of the molecule is Cc1ccc(CN2CCCC2c2cccc(Nc3ccc(C#N)nc3)n2)nc1. The van der Waals surface area contributed by atoms with Crippen LogP contribution in [0.25, 0.3) is 0 Å². The van der Waals surface area contributed by atoms with Crippen molar-refractivity contribution in [3.05, 3.63) is 77.5 Å². The van der Waals surface area contributed by atoms with Crippen LogP contribution in [0.5, 0.6) is 0 Å². The molecule has 1 atom stereocenters. The third kappa shape index (κ3) is 4.16. The molecule has 0 bridgehead atoms. The molecule has 0 aliphatic carbocycles. The van der Waals surface area contributed by atoms with Crippen molar-refractivity contribution in [1.82, 2.24) is 19.9 Å². The Morgan fingerprint density at radius 1 is 1.14 bits per heavy atom. The Bertz CT molecular complexity index is 975. The predicted molar refractivity (Wildman–Crippen MR) is 108 cm³/mol. The van der Waals surface area contributed by atoms with Crippen molar-refractivity contribution in [3.63, 3.8) is 0 Å². The summed E-state index contributed by atoms with van der Waals surface area (Å²) in [6, 6.07) is 16.1. The molecule has 0 radical (unpaired) electrons. The van der Waals surface area contributed by atoms with Crippen molar-refractivity contribution in [3.8, 4) is 6.07 Å². The van der Waals surface area contributed by atoms with Crippen molar-refractivity contribution in [2.75, 3.05) is 11.9 Å². The van der Waals surface area contributed by atoms with Gasteiger partial charge in [0, 0.05) is 12.7 Å². The number of nitriles is 1. The quantitative estimate of drug-likeness (QED) is 0.727. The number of hydrogen-bond acceptors (Lipinski definition) is 6. The Labute approximate surface area is 164 Å². The van der Waals surface area contributed by atoms with Crippen LogP contribution in [0, 0.1) is 18.3 Å². The maximum atomic E-state index is 8.87. The lowest BCUT2D eigenvalue weighted by Crippen LogP contribution is -2.24. The molecule has 1 aliphatic rings. The van der Waals surface area contributed by atoms with Crippen LogP contribution < -0.4 is 5.32 Å². The van der Waals surface area contributed by atoms with Gasteiger partial charge in [0.25, 0.3) is 0 Å². The summed E-state index contributed by atoms with van der Waals surface area (Å²) in [4.78, 5) is 15.9. The van der Waals surface area contributed by atoms with Gasteiger partial charge in [-0.25, -0.2) is 9.97 Å². The van der Waals surface area contributed by atoms with E-state index in [-0.39, 0.29) is 0 Å². The zero-order valence-corrected chi connectivity index (χ0v) is 15.8. The standard InChI is InChI=1S/C22H22N6/c1-16-7-8-19(24-13-16)15-28-11-3-5-21(28)20-4-2-6-22(27-20)26-18-10-9-17(12-23)25-14-18/h2,4,6-10,13-14,21H,3,5,11,15H2,1H3,(H,26,27). The molecule has 1 N–H and O–H groups in total. The van der Waals surface area contributed by atoms with Crippen molar-refractivity contribution in [2.45, 2.75) is 32.4 Å². The Hall–Kier alpha value is -3.30. The molecule has 1 aliphatic heterocycles. The van der Waals surface area contributed by atoms with Gasteiger partial charge in [-0.15, -0.1) is 0 Å². The highest BCUT2D eigenvalue weighted by Crippen LogP contribution is 2.32. The lowest BCUT2D eigenvalue weighted by atomic mass is 10.1. The number of pyridine rings is 3. The van der Waals surface area contributed by atoms with Gasteiger partial charge in [-0.2, -0.15) is 5.26 Å². The molecule has 28 heavy (non-hydrogen) atoms. The van der Waals surface area contributed by atoms with Crippen molar-refractivity contribution < 1.29 is 0 Å². The topological polar surface area (TPSA) is 77.7 Å². The van der Waals surface area contributed by atoms with Crippen LogP contribution >= 0.6 is 0 Å². The fourth-order valence-electron chi connectivity index (χ4n) is 3.54. The summed E-state index contributed by atoms with van der Waals surface area (Å²) in [5.41, 5.74) is 4.56. The summed E-state index contributed by atoms with van der Waals surface area (Å²) in [5.74, 6) is 0.782. The maximum Gasteiger partial charge on any atom is 0.140 e. The fourth-order valence-corrected chi connectivity index (χ4v) is 3.54. The first-order chi connectivity index (χ1) is 13.7. The van der Waals surface area contributed by atoms with E-state index in [4.69, 9.17) is 10.2 Å². The molecular weight excluding hydrogens is 348 g/mol. The van der Waals surface area contributed by atoms with Gasteiger partial charge >= 0.3 is 0 Å². The maximum absolute atomic E-state index is 8.87. The van der Waals surface area contributed by atoms with E-state index in [1.807, 2.05) is 30.5 Å². The molecule has 1 unspecified atom stereocenters. The van der Waals surface area contributed by atoms with E-state index in [2.05, 4.69) is 45.3 Å². The first-order valence-corrected chi connectivity index (χ1v) is 9.47. The first-order valence-electron chi connectivity index (χ1n) is 9.47. The average molecular weight is 370 g/mol.